The van der Waals surface area contributed by atoms with Gasteiger partial charge in [0.15, 0.2) is 0 Å². The lowest BCUT2D eigenvalue weighted by Gasteiger charge is -2.10. The number of carbonyl (C=O) groups excluding carboxylic acids is 2. The van der Waals surface area contributed by atoms with E-state index in [-0.39, 0.29) is 18.9 Å². The van der Waals surface area contributed by atoms with Crippen LogP contribution in [0.4, 0.5) is 0 Å². The molecule has 0 unspecified atom stereocenters. The minimum absolute atomic E-state index is 0.00957. The van der Waals surface area contributed by atoms with Crippen LogP contribution in [0.3, 0.4) is 0 Å². The Balaban J connectivity index is 1.75. The van der Waals surface area contributed by atoms with E-state index in [9.17, 15) is 9.59 Å². The maximum Gasteiger partial charge on any atom is 0.313 e. The quantitative estimate of drug-likeness (QED) is 0.676. The maximum atomic E-state index is 12.4. The number of hydrogen-bond donors (Lipinski definition) is 1. The van der Waals surface area contributed by atoms with E-state index < -0.39 is 5.97 Å². The van der Waals surface area contributed by atoms with Crippen molar-refractivity contribution in [1.82, 2.24) is 14.9 Å². The van der Waals surface area contributed by atoms with Crippen LogP contribution in [0.25, 0.3) is 11.0 Å². The first-order valence-corrected chi connectivity index (χ1v) is 8.46. The van der Waals surface area contributed by atoms with Crippen molar-refractivity contribution in [3.63, 3.8) is 0 Å². The molecule has 0 radical (unpaired) electrons. The first-order chi connectivity index (χ1) is 12.6. The van der Waals surface area contributed by atoms with E-state index in [0.29, 0.717) is 17.4 Å². The molecule has 0 aliphatic rings. The van der Waals surface area contributed by atoms with Crippen molar-refractivity contribution in [2.24, 2.45) is 0 Å². The van der Waals surface area contributed by atoms with E-state index in [1.165, 1.54) is 7.11 Å². The van der Waals surface area contributed by atoms with Crippen molar-refractivity contribution in [3.05, 3.63) is 64.9 Å². The van der Waals surface area contributed by atoms with Crippen molar-refractivity contribution in [3.8, 4) is 0 Å². The van der Waals surface area contributed by atoms with E-state index in [0.717, 1.165) is 16.6 Å². The molecule has 1 heterocycles. The van der Waals surface area contributed by atoms with Gasteiger partial charge in [-0.05, 0) is 29.8 Å². The molecule has 26 heavy (non-hydrogen) atoms. The lowest BCUT2D eigenvalue weighted by atomic mass is 10.2. The number of amides is 1. The highest BCUT2D eigenvalue weighted by atomic mass is 35.5. The Labute approximate surface area is 155 Å². The standard InChI is InChI=1S/C19H18ClN3O3/c1-26-19(25)10-17-22-15-4-2-3-5-16(15)23(17)12-18(24)21-11-13-6-8-14(20)9-7-13/h2-9H,10-12H2,1H3,(H,21,24). The number of hydrogen-bond acceptors (Lipinski definition) is 4. The van der Waals surface area contributed by atoms with Gasteiger partial charge in [0.2, 0.25) is 5.91 Å². The summed E-state index contributed by atoms with van der Waals surface area (Å²) in [5.41, 5.74) is 2.48. The third kappa shape index (κ3) is 4.21. The Hall–Kier alpha value is -2.86. The molecule has 0 aliphatic heterocycles. The van der Waals surface area contributed by atoms with Gasteiger partial charge >= 0.3 is 5.97 Å². The smallest absolute Gasteiger partial charge is 0.313 e. The van der Waals surface area contributed by atoms with E-state index in [1.54, 1.807) is 16.7 Å². The molecule has 0 atom stereocenters. The number of halogens is 1. The predicted octanol–water partition coefficient (Wildman–Crippen LogP) is 2.72. The number of esters is 1. The maximum absolute atomic E-state index is 12.4. The Bertz CT molecular complexity index is 935. The number of benzene rings is 2. The number of ether oxygens (including phenoxy) is 1. The highest BCUT2D eigenvalue weighted by Crippen LogP contribution is 2.17. The molecule has 0 aliphatic carbocycles. The summed E-state index contributed by atoms with van der Waals surface area (Å²) in [6, 6.07) is 14.7. The van der Waals surface area contributed by atoms with Crippen LogP contribution in [0, 0.1) is 0 Å². The van der Waals surface area contributed by atoms with E-state index >= 15 is 0 Å². The molecule has 0 spiro atoms. The third-order valence-electron chi connectivity index (χ3n) is 3.97. The van der Waals surface area contributed by atoms with Gasteiger partial charge in [-0.25, -0.2) is 4.98 Å². The molecule has 2 aromatic carbocycles. The van der Waals surface area contributed by atoms with Crippen LogP contribution < -0.4 is 5.32 Å². The average Bonchev–Trinajstić information content (AvgIpc) is 2.98. The summed E-state index contributed by atoms with van der Waals surface area (Å²) in [7, 11) is 1.33. The van der Waals surface area contributed by atoms with Crippen molar-refractivity contribution in [2.45, 2.75) is 19.5 Å². The monoisotopic (exact) mass is 371 g/mol. The van der Waals surface area contributed by atoms with Gasteiger partial charge in [-0.15, -0.1) is 0 Å². The number of nitrogens with zero attached hydrogens (tertiary/aromatic N) is 2. The first-order valence-electron chi connectivity index (χ1n) is 8.09. The molecule has 0 bridgehead atoms. The largest absolute Gasteiger partial charge is 0.469 e. The normalized spacial score (nSPS) is 10.7. The van der Waals surface area contributed by atoms with Crippen LogP contribution in [0.2, 0.25) is 5.02 Å². The number of para-hydroxylation sites is 2. The summed E-state index contributed by atoms with van der Waals surface area (Å²) in [6.45, 7) is 0.468. The summed E-state index contributed by atoms with van der Waals surface area (Å²) < 4.78 is 6.46. The number of carbonyl (C=O) groups is 2. The molecule has 1 aromatic heterocycles. The molecule has 0 saturated heterocycles. The number of nitrogens with one attached hydrogen (secondary N) is 1. The number of methoxy groups -OCH3 is 1. The molecular formula is C19H18ClN3O3. The van der Waals surface area contributed by atoms with Gasteiger partial charge in [-0.1, -0.05) is 35.9 Å². The molecule has 0 fully saturated rings. The Morgan fingerprint density at radius 2 is 1.88 bits per heavy atom. The van der Waals surface area contributed by atoms with Gasteiger partial charge in [0.25, 0.3) is 0 Å². The van der Waals surface area contributed by atoms with Crippen LogP contribution in [0.15, 0.2) is 48.5 Å². The minimum atomic E-state index is -0.400. The molecule has 1 N–H and O–H groups in total. The van der Waals surface area contributed by atoms with Gasteiger partial charge < -0.3 is 14.6 Å². The third-order valence-corrected chi connectivity index (χ3v) is 4.22. The molecule has 1 amide bonds. The highest BCUT2D eigenvalue weighted by Gasteiger charge is 2.16. The lowest BCUT2D eigenvalue weighted by molar-refractivity contribution is -0.140. The summed E-state index contributed by atoms with van der Waals surface area (Å²) in [5, 5.41) is 3.52. The van der Waals surface area contributed by atoms with Gasteiger partial charge in [0, 0.05) is 11.6 Å². The fourth-order valence-corrected chi connectivity index (χ4v) is 2.77. The number of fused-ring (bicyclic) bond motifs is 1. The van der Waals surface area contributed by atoms with Gasteiger partial charge in [-0.3, -0.25) is 9.59 Å². The topological polar surface area (TPSA) is 73.2 Å². The van der Waals surface area contributed by atoms with Crippen LogP contribution >= 0.6 is 11.6 Å². The summed E-state index contributed by atoms with van der Waals surface area (Å²) in [5.74, 6) is -0.0722. The fraction of sp³-hybridized carbons (Fsp3) is 0.211. The van der Waals surface area contributed by atoms with Crippen molar-refractivity contribution in [1.29, 1.82) is 0 Å². The van der Waals surface area contributed by atoms with Crippen LogP contribution in [0.1, 0.15) is 11.4 Å². The van der Waals surface area contributed by atoms with Gasteiger partial charge in [-0.2, -0.15) is 0 Å². The van der Waals surface area contributed by atoms with Crippen molar-refractivity contribution in [2.75, 3.05) is 7.11 Å². The zero-order valence-electron chi connectivity index (χ0n) is 14.2. The zero-order valence-corrected chi connectivity index (χ0v) is 15.0. The Morgan fingerprint density at radius 3 is 2.62 bits per heavy atom. The van der Waals surface area contributed by atoms with Crippen LogP contribution in [0.5, 0.6) is 0 Å². The molecule has 3 aromatic rings. The van der Waals surface area contributed by atoms with Gasteiger partial charge in [0.05, 0.1) is 18.1 Å². The van der Waals surface area contributed by atoms with Crippen molar-refractivity contribution >= 4 is 34.5 Å². The molecule has 7 heteroatoms. The summed E-state index contributed by atoms with van der Waals surface area (Å²) in [4.78, 5) is 28.5. The molecule has 134 valence electrons. The molecular weight excluding hydrogens is 354 g/mol. The fourth-order valence-electron chi connectivity index (χ4n) is 2.64. The second kappa shape index (κ2) is 8.01. The number of aromatic nitrogens is 2. The predicted molar refractivity (Wildman–Crippen MR) is 98.8 cm³/mol. The average molecular weight is 372 g/mol. The number of imidazole rings is 1. The van der Waals surface area contributed by atoms with E-state index in [4.69, 9.17) is 16.3 Å². The van der Waals surface area contributed by atoms with Crippen LogP contribution in [-0.4, -0.2) is 28.5 Å². The first kappa shape index (κ1) is 17.9. The molecule has 3 rings (SSSR count). The lowest BCUT2D eigenvalue weighted by Crippen LogP contribution is -2.28. The Morgan fingerprint density at radius 1 is 1.15 bits per heavy atom. The van der Waals surface area contributed by atoms with Gasteiger partial charge in [0.1, 0.15) is 18.8 Å². The van der Waals surface area contributed by atoms with E-state index in [1.807, 2.05) is 36.4 Å². The second-order valence-corrected chi connectivity index (χ2v) is 6.20. The van der Waals surface area contributed by atoms with E-state index in [2.05, 4.69) is 10.3 Å². The van der Waals surface area contributed by atoms with Crippen molar-refractivity contribution < 1.29 is 14.3 Å². The highest BCUT2D eigenvalue weighted by molar-refractivity contribution is 6.30. The molecule has 6 nitrogen and oxygen atoms in total. The Kier molecular flexibility index (Phi) is 5.53. The number of rotatable bonds is 6. The minimum Gasteiger partial charge on any atom is -0.469 e. The SMILES string of the molecule is COC(=O)Cc1nc2ccccc2n1CC(=O)NCc1ccc(Cl)cc1. The zero-order chi connectivity index (χ0) is 18.5. The van der Waals surface area contributed by atoms with Crippen LogP contribution in [-0.2, 0) is 33.8 Å². The summed E-state index contributed by atoms with van der Waals surface area (Å²) in [6.07, 6.45) is 0.00957. The second-order valence-electron chi connectivity index (χ2n) is 5.76. The summed E-state index contributed by atoms with van der Waals surface area (Å²) >= 11 is 5.86. The molecule has 0 saturated carbocycles.